The highest BCUT2D eigenvalue weighted by Gasteiger charge is 2.14. The number of anilines is 1. The van der Waals surface area contributed by atoms with Crippen molar-refractivity contribution >= 4 is 16.7 Å². The molecule has 0 unspecified atom stereocenters. The smallest absolute Gasteiger partial charge is 0.162 e. The Kier molecular flexibility index (Phi) is 3.01. The second-order valence-corrected chi connectivity index (χ2v) is 4.97. The highest BCUT2D eigenvalue weighted by Crippen LogP contribution is 2.26. The van der Waals surface area contributed by atoms with Gasteiger partial charge in [0.1, 0.15) is 5.82 Å². The van der Waals surface area contributed by atoms with Crippen molar-refractivity contribution in [3.8, 4) is 11.4 Å². The second kappa shape index (κ2) is 5.14. The molecule has 21 heavy (non-hydrogen) atoms. The van der Waals surface area contributed by atoms with E-state index < -0.39 is 0 Å². The number of hydrogen-bond donors (Lipinski definition) is 1. The first kappa shape index (κ1) is 12.3. The van der Waals surface area contributed by atoms with Gasteiger partial charge in [0.2, 0.25) is 0 Å². The summed E-state index contributed by atoms with van der Waals surface area (Å²) in [5.41, 5.74) is 1.99. The summed E-state index contributed by atoms with van der Waals surface area (Å²) in [6.07, 6.45) is 3.63. The third kappa shape index (κ3) is 2.23. The van der Waals surface area contributed by atoms with Crippen molar-refractivity contribution in [2.75, 3.05) is 31.2 Å². The minimum Gasteiger partial charge on any atom is -0.378 e. The van der Waals surface area contributed by atoms with E-state index in [1.165, 1.54) is 0 Å². The lowest BCUT2D eigenvalue weighted by Crippen LogP contribution is -2.36. The molecule has 0 amide bonds. The number of ether oxygens (including phenoxy) is 1. The largest absolute Gasteiger partial charge is 0.378 e. The molecule has 1 saturated heterocycles. The van der Waals surface area contributed by atoms with Gasteiger partial charge in [-0.05, 0) is 12.1 Å². The van der Waals surface area contributed by atoms with E-state index in [1.807, 2.05) is 36.7 Å². The fourth-order valence-corrected chi connectivity index (χ4v) is 2.61. The van der Waals surface area contributed by atoms with E-state index in [0.29, 0.717) is 0 Å². The van der Waals surface area contributed by atoms with E-state index in [2.05, 4.69) is 20.1 Å². The molecule has 0 atom stereocenters. The van der Waals surface area contributed by atoms with E-state index in [4.69, 9.17) is 9.72 Å². The SMILES string of the molecule is c1cc(-c2nccc(N3CCOCC3)n2)c2cn[nH]c2c1. The van der Waals surface area contributed by atoms with Crippen LogP contribution >= 0.6 is 0 Å². The van der Waals surface area contributed by atoms with Gasteiger partial charge in [-0.15, -0.1) is 0 Å². The van der Waals surface area contributed by atoms with Gasteiger partial charge in [-0.3, -0.25) is 5.10 Å². The molecule has 0 spiro atoms. The lowest BCUT2D eigenvalue weighted by Gasteiger charge is -2.27. The van der Waals surface area contributed by atoms with Crippen molar-refractivity contribution in [1.82, 2.24) is 20.2 Å². The van der Waals surface area contributed by atoms with Gasteiger partial charge in [0.25, 0.3) is 0 Å². The Morgan fingerprint density at radius 2 is 2.05 bits per heavy atom. The molecule has 0 radical (unpaired) electrons. The van der Waals surface area contributed by atoms with Crippen LogP contribution in [0.2, 0.25) is 0 Å². The molecule has 1 aliphatic rings. The van der Waals surface area contributed by atoms with Gasteiger partial charge in [0, 0.05) is 30.2 Å². The van der Waals surface area contributed by atoms with Crippen molar-refractivity contribution in [3.63, 3.8) is 0 Å². The van der Waals surface area contributed by atoms with Gasteiger partial charge in [0.15, 0.2) is 5.82 Å². The van der Waals surface area contributed by atoms with Crippen molar-refractivity contribution in [2.45, 2.75) is 0 Å². The molecule has 0 aliphatic carbocycles. The van der Waals surface area contributed by atoms with Gasteiger partial charge < -0.3 is 9.64 Å². The van der Waals surface area contributed by atoms with Gasteiger partial charge in [0.05, 0.1) is 24.9 Å². The van der Waals surface area contributed by atoms with E-state index in [-0.39, 0.29) is 0 Å². The van der Waals surface area contributed by atoms with E-state index in [0.717, 1.165) is 54.4 Å². The first-order chi connectivity index (χ1) is 10.4. The number of aromatic nitrogens is 4. The number of nitrogens with one attached hydrogen (secondary N) is 1. The Morgan fingerprint density at radius 3 is 2.95 bits per heavy atom. The number of hydrogen-bond acceptors (Lipinski definition) is 5. The number of morpholine rings is 1. The Morgan fingerprint density at radius 1 is 1.14 bits per heavy atom. The van der Waals surface area contributed by atoms with Crippen LogP contribution in [0.5, 0.6) is 0 Å². The summed E-state index contributed by atoms with van der Waals surface area (Å²) in [6.45, 7) is 3.23. The summed E-state index contributed by atoms with van der Waals surface area (Å²) in [5, 5.41) is 8.11. The number of fused-ring (bicyclic) bond motifs is 1. The van der Waals surface area contributed by atoms with Crippen LogP contribution in [0, 0.1) is 0 Å². The Labute approximate surface area is 121 Å². The molecule has 1 aliphatic heterocycles. The van der Waals surface area contributed by atoms with Gasteiger partial charge in [-0.1, -0.05) is 12.1 Å². The maximum Gasteiger partial charge on any atom is 0.162 e. The van der Waals surface area contributed by atoms with Crippen LogP contribution in [0.25, 0.3) is 22.3 Å². The monoisotopic (exact) mass is 281 g/mol. The summed E-state index contributed by atoms with van der Waals surface area (Å²) >= 11 is 0. The summed E-state index contributed by atoms with van der Waals surface area (Å²) in [5.74, 6) is 1.68. The zero-order valence-electron chi connectivity index (χ0n) is 11.5. The predicted molar refractivity (Wildman–Crippen MR) is 80.2 cm³/mol. The normalized spacial score (nSPS) is 15.5. The highest BCUT2D eigenvalue weighted by atomic mass is 16.5. The van der Waals surface area contributed by atoms with Gasteiger partial charge >= 0.3 is 0 Å². The van der Waals surface area contributed by atoms with Crippen LogP contribution in [-0.2, 0) is 4.74 Å². The van der Waals surface area contributed by atoms with Crippen LogP contribution in [0.1, 0.15) is 0 Å². The third-order valence-corrected chi connectivity index (χ3v) is 3.70. The average molecular weight is 281 g/mol. The lowest BCUT2D eigenvalue weighted by molar-refractivity contribution is 0.122. The molecule has 6 heteroatoms. The highest BCUT2D eigenvalue weighted by molar-refractivity contribution is 5.92. The molecule has 0 bridgehead atoms. The first-order valence-corrected chi connectivity index (χ1v) is 7.00. The molecule has 106 valence electrons. The lowest BCUT2D eigenvalue weighted by atomic mass is 10.1. The number of rotatable bonds is 2. The third-order valence-electron chi connectivity index (χ3n) is 3.70. The maximum absolute atomic E-state index is 5.39. The zero-order chi connectivity index (χ0) is 14.1. The number of nitrogens with zero attached hydrogens (tertiary/aromatic N) is 4. The zero-order valence-corrected chi connectivity index (χ0v) is 11.5. The molecule has 6 nitrogen and oxygen atoms in total. The minimum atomic E-state index is 0.728. The molecule has 3 aromatic rings. The van der Waals surface area contributed by atoms with Crippen LogP contribution in [0.15, 0.2) is 36.7 Å². The topological polar surface area (TPSA) is 66.9 Å². The second-order valence-electron chi connectivity index (χ2n) is 4.97. The fourth-order valence-electron chi connectivity index (χ4n) is 2.61. The Hall–Kier alpha value is -2.47. The standard InChI is InChI=1S/C15H15N5O/c1-2-11(12-10-17-19-13(12)3-1)15-16-5-4-14(18-15)20-6-8-21-9-7-20/h1-5,10H,6-9H2,(H,17,19). The first-order valence-electron chi connectivity index (χ1n) is 7.00. The Bertz CT molecular complexity index is 763. The van der Waals surface area contributed by atoms with Gasteiger partial charge in [-0.25, -0.2) is 9.97 Å². The van der Waals surface area contributed by atoms with Crippen molar-refractivity contribution in [3.05, 3.63) is 36.7 Å². The summed E-state index contributed by atoms with van der Waals surface area (Å²) < 4.78 is 5.39. The number of aromatic amines is 1. The molecule has 1 aromatic carbocycles. The molecule has 0 saturated carbocycles. The summed E-state index contributed by atoms with van der Waals surface area (Å²) in [4.78, 5) is 11.4. The van der Waals surface area contributed by atoms with Crippen molar-refractivity contribution in [1.29, 1.82) is 0 Å². The van der Waals surface area contributed by atoms with E-state index >= 15 is 0 Å². The minimum absolute atomic E-state index is 0.728. The summed E-state index contributed by atoms with van der Waals surface area (Å²) in [7, 11) is 0. The quantitative estimate of drug-likeness (QED) is 0.776. The van der Waals surface area contributed by atoms with E-state index in [9.17, 15) is 0 Å². The molecule has 1 N–H and O–H groups in total. The van der Waals surface area contributed by atoms with Crippen molar-refractivity contribution in [2.24, 2.45) is 0 Å². The molecular formula is C15H15N5O. The predicted octanol–water partition coefficient (Wildman–Crippen LogP) is 1.86. The average Bonchev–Trinajstić information content (AvgIpc) is 3.04. The molecule has 1 fully saturated rings. The number of benzene rings is 1. The molecule has 2 aromatic heterocycles. The summed E-state index contributed by atoms with van der Waals surface area (Å²) in [6, 6.07) is 7.96. The molecular weight excluding hydrogens is 266 g/mol. The fraction of sp³-hybridized carbons (Fsp3) is 0.267. The van der Waals surface area contributed by atoms with Crippen LogP contribution in [0.3, 0.4) is 0 Å². The molecule has 3 heterocycles. The molecule has 4 rings (SSSR count). The van der Waals surface area contributed by atoms with Gasteiger partial charge in [-0.2, -0.15) is 5.10 Å². The van der Waals surface area contributed by atoms with Crippen LogP contribution in [0.4, 0.5) is 5.82 Å². The van der Waals surface area contributed by atoms with E-state index in [1.54, 1.807) is 0 Å². The van der Waals surface area contributed by atoms with Crippen molar-refractivity contribution < 1.29 is 4.74 Å². The Balaban J connectivity index is 1.76. The maximum atomic E-state index is 5.39. The van der Waals surface area contributed by atoms with Crippen LogP contribution in [-0.4, -0.2) is 46.5 Å². The van der Waals surface area contributed by atoms with Crippen LogP contribution < -0.4 is 4.90 Å². The number of H-pyrrole nitrogens is 1.